The second kappa shape index (κ2) is 8.38. The predicted molar refractivity (Wildman–Crippen MR) is 103 cm³/mol. The van der Waals surface area contributed by atoms with Crippen LogP contribution >= 0.6 is 0 Å². The lowest BCUT2D eigenvalue weighted by atomic mass is 10.0. The van der Waals surface area contributed by atoms with E-state index in [-0.39, 0.29) is 11.5 Å². The molecule has 8 heteroatoms. The SMILES string of the molecule is CC(C)Cc1ccc(Nc2ncc(C(=O)c3ccncc3C(F)(F)F)cn2)cc1. The summed E-state index contributed by atoms with van der Waals surface area (Å²) in [6.45, 7) is 4.29. The maximum absolute atomic E-state index is 13.1. The zero-order valence-corrected chi connectivity index (χ0v) is 15.9. The molecule has 0 atom stereocenters. The van der Waals surface area contributed by atoms with Gasteiger partial charge in [0.2, 0.25) is 5.95 Å². The summed E-state index contributed by atoms with van der Waals surface area (Å²) in [5.41, 5.74) is 0.362. The zero-order chi connectivity index (χ0) is 21.0. The van der Waals surface area contributed by atoms with Crippen LogP contribution in [0.3, 0.4) is 0 Å². The number of nitrogens with one attached hydrogen (secondary N) is 1. The van der Waals surface area contributed by atoms with Crippen LogP contribution in [0.5, 0.6) is 0 Å². The smallest absolute Gasteiger partial charge is 0.324 e. The summed E-state index contributed by atoms with van der Waals surface area (Å²) < 4.78 is 39.3. The molecule has 0 aliphatic carbocycles. The van der Waals surface area contributed by atoms with Crippen molar-refractivity contribution in [3.8, 4) is 0 Å². The van der Waals surface area contributed by atoms with Gasteiger partial charge in [-0.3, -0.25) is 9.78 Å². The molecule has 3 rings (SSSR count). The number of hydrogen-bond acceptors (Lipinski definition) is 5. The van der Waals surface area contributed by atoms with Crippen LogP contribution in [0.1, 0.15) is 40.9 Å². The molecule has 0 radical (unpaired) electrons. The minimum absolute atomic E-state index is 0.0421. The van der Waals surface area contributed by atoms with Gasteiger partial charge in [0.25, 0.3) is 0 Å². The molecule has 1 aromatic carbocycles. The highest BCUT2D eigenvalue weighted by molar-refractivity contribution is 6.09. The first-order chi connectivity index (χ1) is 13.7. The second-order valence-electron chi connectivity index (χ2n) is 6.96. The average Bonchev–Trinajstić information content (AvgIpc) is 2.68. The molecule has 5 nitrogen and oxygen atoms in total. The number of hydrogen-bond donors (Lipinski definition) is 1. The van der Waals surface area contributed by atoms with Gasteiger partial charge in [0, 0.05) is 36.0 Å². The number of benzene rings is 1. The van der Waals surface area contributed by atoms with E-state index in [2.05, 4.69) is 34.1 Å². The monoisotopic (exact) mass is 400 g/mol. The minimum atomic E-state index is -4.68. The molecule has 3 aromatic rings. The summed E-state index contributed by atoms with van der Waals surface area (Å²) in [5, 5.41) is 3.00. The van der Waals surface area contributed by atoms with Gasteiger partial charge in [-0.2, -0.15) is 13.2 Å². The lowest BCUT2D eigenvalue weighted by molar-refractivity contribution is -0.138. The molecule has 2 heterocycles. The number of carbonyl (C=O) groups excluding carboxylic acids is 1. The maximum Gasteiger partial charge on any atom is 0.418 e. The van der Waals surface area contributed by atoms with Gasteiger partial charge in [0.1, 0.15) is 0 Å². The van der Waals surface area contributed by atoms with Crippen molar-refractivity contribution < 1.29 is 18.0 Å². The molecule has 0 unspecified atom stereocenters. The van der Waals surface area contributed by atoms with E-state index in [1.807, 2.05) is 24.3 Å². The number of nitrogens with zero attached hydrogens (tertiary/aromatic N) is 3. The fraction of sp³-hybridized carbons (Fsp3) is 0.238. The quantitative estimate of drug-likeness (QED) is 0.586. The number of pyridine rings is 1. The Kier molecular flexibility index (Phi) is 5.91. The molecule has 0 fully saturated rings. The van der Waals surface area contributed by atoms with Crippen molar-refractivity contribution in [2.45, 2.75) is 26.4 Å². The second-order valence-corrected chi connectivity index (χ2v) is 6.96. The summed E-state index contributed by atoms with van der Waals surface area (Å²) in [5.74, 6) is -0.0197. The van der Waals surface area contributed by atoms with E-state index in [0.29, 0.717) is 12.1 Å². The fourth-order valence-corrected chi connectivity index (χ4v) is 2.81. The first-order valence-electron chi connectivity index (χ1n) is 8.98. The Labute approximate surface area is 166 Å². The maximum atomic E-state index is 13.1. The van der Waals surface area contributed by atoms with Crippen LogP contribution < -0.4 is 5.32 Å². The molecular formula is C21H19F3N4O. The van der Waals surface area contributed by atoms with Gasteiger partial charge in [0.05, 0.1) is 11.1 Å². The fourth-order valence-electron chi connectivity index (χ4n) is 2.81. The normalized spacial score (nSPS) is 11.5. The molecule has 1 N–H and O–H groups in total. The molecule has 29 heavy (non-hydrogen) atoms. The van der Waals surface area contributed by atoms with Crippen molar-refractivity contribution in [3.05, 3.63) is 77.4 Å². The van der Waals surface area contributed by atoms with Crippen LogP contribution in [0.25, 0.3) is 0 Å². The standard InChI is InChI=1S/C21H19F3N4O/c1-13(2)9-14-3-5-16(6-4-14)28-20-26-10-15(11-27-20)19(29)17-7-8-25-12-18(17)21(22,23)24/h3-8,10-13H,9H2,1-2H3,(H,26,27,28). The first-order valence-corrected chi connectivity index (χ1v) is 8.98. The van der Waals surface area contributed by atoms with Crippen LogP contribution in [0.2, 0.25) is 0 Å². The summed E-state index contributed by atoms with van der Waals surface area (Å²) >= 11 is 0. The number of alkyl halides is 3. The molecule has 0 amide bonds. The van der Waals surface area contributed by atoms with Crippen molar-refractivity contribution in [1.29, 1.82) is 0 Å². The Hall–Kier alpha value is -3.29. The summed E-state index contributed by atoms with van der Waals surface area (Å²) in [6.07, 6.45) is 0.470. The first kappa shape index (κ1) is 20.4. The zero-order valence-electron chi connectivity index (χ0n) is 15.9. The van der Waals surface area contributed by atoms with Crippen molar-refractivity contribution in [2.75, 3.05) is 5.32 Å². The number of ketones is 1. The number of rotatable bonds is 6. The highest BCUT2D eigenvalue weighted by Crippen LogP contribution is 2.32. The van der Waals surface area contributed by atoms with Crippen molar-refractivity contribution >= 4 is 17.4 Å². The largest absolute Gasteiger partial charge is 0.418 e. The van der Waals surface area contributed by atoms with Gasteiger partial charge in [0.15, 0.2) is 5.78 Å². The van der Waals surface area contributed by atoms with Crippen LogP contribution in [0.15, 0.2) is 55.1 Å². The van der Waals surface area contributed by atoms with Gasteiger partial charge >= 0.3 is 6.18 Å². The van der Waals surface area contributed by atoms with Crippen LogP contribution in [0, 0.1) is 5.92 Å². The molecule has 0 saturated heterocycles. The van der Waals surface area contributed by atoms with E-state index in [4.69, 9.17) is 0 Å². The molecule has 150 valence electrons. The Morgan fingerprint density at radius 3 is 2.28 bits per heavy atom. The predicted octanol–water partition coefficient (Wildman–Crippen LogP) is 5.06. The molecule has 2 aromatic heterocycles. The van der Waals surface area contributed by atoms with E-state index in [1.165, 1.54) is 18.0 Å². The third-order valence-electron chi connectivity index (χ3n) is 4.14. The number of carbonyl (C=O) groups is 1. The number of anilines is 2. The summed E-state index contributed by atoms with van der Waals surface area (Å²) in [6, 6.07) is 8.83. The summed E-state index contributed by atoms with van der Waals surface area (Å²) in [4.78, 5) is 24.0. The number of halogens is 3. The van der Waals surface area contributed by atoms with Gasteiger partial charge in [-0.05, 0) is 36.1 Å². The molecule has 0 spiro atoms. The van der Waals surface area contributed by atoms with Gasteiger partial charge in [-0.15, -0.1) is 0 Å². The molecule has 0 bridgehead atoms. The Balaban J connectivity index is 1.75. The van der Waals surface area contributed by atoms with Gasteiger partial charge < -0.3 is 5.32 Å². The average molecular weight is 400 g/mol. The van der Waals surface area contributed by atoms with E-state index in [1.54, 1.807) is 0 Å². The highest BCUT2D eigenvalue weighted by atomic mass is 19.4. The van der Waals surface area contributed by atoms with Gasteiger partial charge in [-0.1, -0.05) is 26.0 Å². The molecular weight excluding hydrogens is 381 g/mol. The van der Waals surface area contributed by atoms with Crippen molar-refractivity contribution in [1.82, 2.24) is 15.0 Å². The Morgan fingerprint density at radius 2 is 1.69 bits per heavy atom. The molecule has 0 aliphatic heterocycles. The third-order valence-corrected chi connectivity index (χ3v) is 4.14. The topological polar surface area (TPSA) is 67.8 Å². The summed E-state index contributed by atoms with van der Waals surface area (Å²) in [7, 11) is 0. The van der Waals surface area contributed by atoms with E-state index >= 15 is 0 Å². The van der Waals surface area contributed by atoms with Gasteiger partial charge in [-0.25, -0.2) is 9.97 Å². The minimum Gasteiger partial charge on any atom is -0.324 e. The van der Waals surface area contributed by atoms with E-state index in [0.717, 1.165) is 24.4 Å². The van der Waals surface area contributed by atoms with E-state index in [9.17, 15) is 18.0 Å². The van der Waals surface area contributed by atoms with Crippen molar-refractivity contribution in [3.63, 3.8) is 0 Å². The Morgan fingerprint density at radius 1 is 1.03 bits per heavy atom. The Bertz CT molecular complexity index is 984. The van der Waals surface area contributed by atoms with E-state index < -0.39 is 23.1 Å². The molecule has 0 saturated carbocycles. The lowest BCUT2D eigenvalue weighted by Crippen LogP contribution is -2.14. The lowest BCUT2D eigenvalue weighted by Gasteiger charge is -2.11. The highest BCUT2D eigenvalue weighted by Gasteiger charge is 2.35. The van der Waals surface area contributed by atoms with Crippen LogP contribution in [0.4, 0.5) is 24.8 Å². The van der Waals surface area contributed by atoms with Crippen LogP contribution in [-0.2, 0) is 12.6 Å². The van der Waals surface area contributed by atoms with Crippen molar-refractivity contribution in [2.24, 2.45) is 5.92 Å². The third kappa shape index (κ3) is 5.16. The number of aromatic nitrogens is 3. The molecule has 0 aliphatic rings. The van der Waals surface area contributed by atoms with Crippen LogP contribution in [-0.4, -0.2) is 20.7 Å².